The van der Waals surface area contributed by atoms with Crippen LogP contribution in [0.3, 0.4) is 0 Å². The van der Waals surface area contributed by atoms with Gasteiger partial charge in [-0.3, -0.25) is 4.90 Å². The Labute approximate surface area is 186 Å². The van der Waals surface area contributed by atoms with Gasteiger partial charge in [-0.05, 0) is 31.0 Å². The highest BCUT2D eigenvalue weighted by atomic mass is 127. The van der Waals surface area contributed by atoms with Gasteiger partial charge in [-0.2, -0.15) is 0 Å². The maximum Gasteiger partial charge on any atom is 0.194 e. The molecule has 4 rings (SSSR count). The van der Waals surface area contributed by atoms with Crippen molar-refractivity contribution in [3.05, 3.63) is 54.1 Å². The number of halogens is 1. The topological polar surface area (TPSA) is 34.1 Å². The number of rotatable bonds is 5. The third-order valence-corrected chi connectivity index (χ3v) is 5.69. The van der Waals surface area contributed by atoms with Gasteiger partial charge >= 0.3 is 0 Å². The summed E-state index contributed by atoms with van der Waals surface area (Å²) in [5.74, 6) is 1.06. The van der Waals surface area contributed by atoms with E-state index in [1.807, 2.05) is 0 Å². The lowest BCUT2D eigenvalue weighted by molar-refractivity contribution is 0.259. The normalized spacial score (nSPS) is 22.2. The zero-order valence-corrected chi connectivity index (χ0v) is 19.1. The smallest absolute Gasteiger partial charge is 0.194 e. The van der Waals surface area contributed by atoms with E-state index in [-0.39, 0.29) is 24.0 Å². The van der Waals surface area contributed by atoms with Crippen LogP contribution in [0.2, 0.25) is 0 Å². The fourth-order valence-corrected chi connectivity index (χ4v) is 4.12. The third kappa shape index (κ3) is 5.08. The molecule has 28 heavy (non-hydrogen) atoms. The second-order valence-electron chi connectivity index (χ2n) is 7.53. The molecule has 5 nitrogen and oxygen atoms in total. The van der Waals surface area contributed by atoms with E-state index in [1.54, 1.807) is 0 Å². The van der Waals surface area contributed by atoms with Gasteiger partial charge in [0.2, 0.25) is 0 Å². The molecule has 1 unspecified atom stereocenters. The molecule has 1 N–H and O–H groups in total. The Morgan fingerprint density at radius 3 is 2.39 bits per heavy atom. The molecule has 0 amide bonds. The van der Waals surface area contributed by atoms with Crippen molar-refractivity contribution in [3.8, 4) is 0 Å². The number of hydrogen-bond acceptors (Lipinski definition) is 3. The van der Waals surface area contributed by atoms with Gasteiger partial charge in [0.15, 0.2) is 5.96 Å². The van der Waals surface area contributed by atoms with E-state index in [1.165, 1.54) is 17.7 Å². The summed E-state index contributed by atoms with van der Waals surface area (Å²) in [6, 6.07) is 9.51. The molecule has 1 atom stereocenters. The monoisotopic (exact) mass is 493 g/mol. The van der Waals surface area contributed by atoms with E-state index in [0.717, 1.165) is 58.3 Å². The fourth-order valence-electron chi connectivity index (χ4n) is 4.12. The van der Waals surface area contributed by atoms with Crippen LogP contribution >= 0.6 is 24.0 Å². The first kappa shape index (κ1) is 21.2. The van der Waals surface area contributed by atoms with Crippen LogP contribution in [-0.4, -0.2) is 67.6 Å². The number of anilines is 1. The number of aliphatic imine (C=N–C) groups is 1. The van der Waals surface area contributed by atoms with Crippen LogP contribution in [-0.2, 0) is 6.54 Å². The maximum atomic E-state index is 4.93. The zero-order chi connectivity index (χ0) is 18.5. The third-order valence-electron chi connectivity index (χ3n) is 5.69. The summed E-state index contributed by atoms with van der Waals surface area (Å²) in [4.78, 5) is 12.3. The number of benzene rings is 1. The van der Waals surface area contributed by atoms with E-state index >= 15 is 0 Å². The second-order valence-corrected chi connectivity index (χ2v) is 7.53. The summed E-state index contributed by atoms with van der Waals surface area (Å²) in [7, 11) is 0. The lowest BCUT2D eigenvalue weighted by Gasteiger charge is -2.25. The van der Waals surface area contributed by atoms with E-state index in [4.69, 9.17) is 4.99 Å². The summed E-state index contributed by atoms with van der Waals surface area (Å²) in [5, 5.41) is 3.49. The minimum Gasteiger partial charge on any atom is -0.364 e. The highest BCUT2D eigenvalue weighted by Crippen LogP contribution is 2.20. The summed E-state index contributed by atoms with van der Waals surface area (Å²) in [5.41, 5.74) is 2.56. The molecule has 0 spiro atoms. The molecule has 0 aromatic heterocycles. The molecule has 0 saturated carbocycles. The van der Waals surface area contributed by atoms with Crippen LogP contribution in [0, 0.1) is 0 Å². The molecule has 0 bridgehead atoms. The van der Waals surface area contributed by atoms with Crippen molar-refractivity contribution in [3.63, 3.8) is 0 Å². The van der Waals surface area contributed by atoms with Crippen LogP contribution in [0.15, 0.2) is 53.6 Å². The van der Waals surface area contributed by atoms with E-state index < -0.39 is 0 Å². The second kappa shape index (κ2) is 10.3. The van der Waals surface area contributed by atoms with Crippen LogP contribution in [0.25, 0.3) is 0 Å². The van der Waals surface area contributed by atoms with Gasteiger partial charge in [-0.1, -0.05) is 36.4 Å². The van der Waals surface area contributed by atoms with Crippen molar-refractivity contribution in [1.29, 1.82) is 0 Å². The minimum atomic E-state index is 0. The van der Waals surface area contributed by atoms with Gasteiger partial charge in [0.05, 0.1) is 6.54 Å². The molecular weight excluding hydrogens is 461 g/mol. The van der Waals surface area contributed by atoms with Gasteiger partial charge < -0.3 is 15.1 Å². The van der Waals surface area contributed by atoms with E-state index in [2.05, 4.69) is 75.5 Å². The van der Waals surface area contributed by atoms with Gasteiger partial charge in [0.1, 0.15) is 0 Å². The Morgan fingerprint density at radius 1 is 1.04 bits per heavy atom. The molecule has 3 aliphatic heterocycles. The maximum absolute atomic E-state index is 4.93. The Bertz CT molecular complexity index is 696. The predicted molar refractivity (Wildman–Crippen MR) is 129 cm³/mol. The van der Waals surface area contributed by atoms with E-state index in [9.17, 15) is 0 Å². The van der Waals surface area contributed by atoms with Crippen LogP contribution < -0.4 is 10.2 Å². The molecule has 0 radical (unpaired) electrons. The highest BCUT2D eigenvalue weighted by Gasteiger charge is 2.29. The van der Waals surface area contributed by atoms with E-state index in [0.29, 0.717) is 6.04 Å². The summed E-state index contributed by atoms with van der Waals surface area (Å²) in [6.45, 7) is 10.2. The minimum absolute atomic E-state index is 0. The zero-order valence-electron chi connectivity index (χ0n) is 16.8. The summed E-state index contributed by atoms with van der Waals surface area (Å²) < 4.78 is 0. The fraction of sp³-hybridized carbons (Fsp3) is 0.500. The molecule has 152 valence electrons. The van der Waals surface area contributed by atoms with Crippen molar-refractivity contribution in [2.75, 3.05) is 50.7 Å². The molecule has 3 aliphatic rings. The molecule has 1 saturated heterocycles. The van der Waals surface area contributed by atoms with Crippen molar-refractivity contribution in [1.82, 2.24) is 15.1 Å². The lowest BCUT2D eigenvalue weighted by atomic mass is 10.2. The van der Waals surface area contributed by atoms with Gasteiger partial charge in [-0.25, -0.2) is 4.99 Å². The average molecular weight is 493 g/mol. The summed E-state index contributed by atoms with van der Waals surface area (Å²) >= 11 is 0. The number of guanidine groups is 1. The number of nitrogens with one attached hydrogen (secondary N) is 1. The number of nitrogens with zero attached hydrogens (tertiary/aromatic N) is 4. The Morgan fingerprint density at radius 2 is 1.71 bits per heavy atom. The van der Waals surface area contributed by atoms with Crippen LogP contribution in [0.4, 0.5) is 5.69 Å². The molecule has 1 aromatic rings. The first-order chi connectivity index (χ1) is 13.3. The Hall–Kier alpha value is -1.54. The van der Waals surface area contributed by atoms with Crippen LogP contribution in [0.1, 0.15) is 18.9 Å². The molecule has 1 aromatic carbocycles. The Kier molecular flexibility index (Phi) is 7.79. The predicted octanol–water partition coefficient (Wildman–Crippen LogP) is 3.09. The largest absolute Gasteiger partial charge is 0.364 e. The number of hydrogen-bond donors (Lipinski definition) is 1. The highest BCUT2D eigenvalue weighted by molar-refractivity contribution is 14.0. The molecular formula is C22H32IN5. The van der Waals surface area contributed by atoms with Crippen molar-refractivity contribution in [2.45, 2.75) is 25.9 Å². The van der Waals surface area contributed by atoms with Gasteiger partial charge in [0, 0.05) is 57.5 Å². The quantitative estimate of drug-likeness (QED) is 0.296. The van der Waals surface area contributed by atoms with Crippen LogP contribution in [0.5, 0.6) is 0 Å². The summed E-state index contributed by atoms with van der Waals surface area (Å²) in [6.07, 6.45) is 10.2. The average Bonchev–Trinajstić information content (AvgIpc) is 3.47. The van der Waals surface area contributed by atoms with Crippen molar-refractivity contribution >= 4 is 35.6 Å². The SMILES string of the molecule is CCNC(=NCc1ccc(N2CC=CC2)cc1)N1CCC(N2CC=CC2)C1.I. The first-order valence-electron chi connectivity index (χ1n) is 10.2. The molecule has 0 aliphatic carbocycles. The number of likely N-dealkylation sites (tertiary alicyclic amines) is 1. The first-order valence-corrected chi connectivity index (χ1v) is 10.2. The Balaban J connectivity index is 0.00000225. The lowest BCUT2D eigenvalue weighted by Crippen LogP contribution is -2.42. The standard InChI is InChI=1S/C22H31N5.HI/c1-2-23-22(27-16-11-21(18-27)26-14-5-6-15-26)24-17-19-7-9-20(10-8-19)25-12-3-4-13-25;/h3-10,21H,2,11-18H2,1H3,(H,23,24);1H. The molecule has 6 heteroatoms. The molecule has 1 fully saturated rings. The van der Waals surface area contributed by atoms with Crippen molar-refractivity contribution in [2.24, 2.45) is 4.99 Å². The van der Waals surface area contributed by atoms with Gasteiger partial charge in [-0.15, -0.1) is 24.0 Å². The molecule has 3 heterocycles. The van der Waals surface area contributed by atoms with Crippen molar-refractivity contribution < 1.29 is 0 Å². The van der Waals surface area contributed by atoms with Gasteiger partial charge in [0.25, 0.3) is 0 Å².